The second kappa shape index (κ2) is 7.79. The predicted octanol–water partition coefficient (Wildman–Crippen LogP) is 2.88. The molecule has 0 aliphatic carbocycles. The molecule has 4 aromatic rings. The molecule has 0 spiro atoms. The van der Waals surface area contributed by atoms with E-state index in [9.17, 15) is 9.59 Å². The number of nitrogens with zero attached hydrogens (tertiary/aromatic N) is 3. The lowest BCUT2D eigenvalue weighted by Gasteiger charge is -2.15. The molecule has 9 heteroatoms. The lowest BCUT2D eigenvalue weighted by Crippen LogP contribution is -2.34. The Balaban J connectivity index is 1.40. The number of rotatable bonds is 4. The van der Waals surface area contributed by atoms with Crippen LogP contribution in [0.3, 0.4) is 0 Å². The van der Waals surface area contributed by atoms with Crippen molar-refractivity contribution in [1.29, 1.82) is 0 Å². The number of pyridine rings is 1. The van der Waals surface area contributed by atoms with E-state index in [0.717, 1.165) is 0 Å². The van der Waals surface area contributed by atoms with Gasteiger partial charge in [-0.15, -0.1) is 0 Å². The lowest BCUT2D eigenvalue weighted by atomic mass is 10.2. The van der Waals surface area contributed by atoms with E-state index in [1.807, 2.05) is 30.3 Å². The Morgan fingerprint density at radius 2 is 1.87 bits per heavy atom. The van der Waals surface area contributed by atoms with Crippen molar-refractivity contribution in [2.24, 2.45) is 0 Å². The summed E-state index contributed by atoms with van der Waals surface area (Å²) in [5.41, 5.74) is 0.643. The van der Waals surface area contributed by atoms with Crippen LogP contribution in [0.25, 0.3) is 5.69 Å². The second-order valence-corrected chi connectivity index (χ2v) is 6.74. The van der Waals surface area contributed by atoms with Crippen molar-refractivity contribution in [3.05, 3.63) is 95.0 Å². The van der Waals surface area contributed by atoms with Crippen molar-refractivity contribution in [3.63, 3.8) is 0 Å². The number of ether oxygens (including phenoxy) is 2. The van der Waals surface area contributed by atoms with Gasteiger partial charge in [-0.2, -0.15) is 0 Å². The van der Waals surface area contributed by atoms with Gasteiger partial charge in [-0.05, 0) is 30.3 Å². The normalized spacial score (nSPS) is 14.5. The standard InChI is InChI=1S/C22H16N4O5/c27-21(16-12-15(10-11-23-16)30-14-6-2-1-3-7-14)24-17-13-29-19-9-5-4-8-18(19)26-20(17)25-31-22(26)28/h1-12,17H,13H2,(H,24,27)/t17-/m0/s1. The van der Waals surface area contributed by atoms with Gasteiger partial charge in [0.2, 0.25) is 0 Å². The molecule has 2 aromatic carbocycles. The van der Waals surface area contributed by atoms with Crippen LogP contribution in [0.1, 0.15) is 22.4 Å². The minimum absolute atomic E-state index is 0.0644. The number of carbonyl (C=O) groups excluding carboxylic acids is 1. The molecule has 0 bridgehead atoms. The van der Waals surface area contributed by atoms with Gasteiger partial charge >= 0.3 is 5.76 Å². The lowest BCUT2D eigenvalue weighted by molar-refractivity contribution is 0.0913. The summed E-state index contributed by atoms with van der Waals surface area (Å²) in [6.07, 6.45) is 1.48. The van der Waals surface area contributed by atoms with Gasteiger partial charge in [-0.1, -0.05) is 35.5 Å². The molecular formula is C22H16N4O5. The van der Waals surface area contributed by atoms with Crippen LogP contribution in [0.15, 0.2) is 82.2 Å². The smallest absolute Gasteiger partial charge is 0.446 e. The van der Waals surface area contributed by atoms with Crippen LogP contribution in [-0.4, -0.2) is 27.2 Å². The van der Waals surface area contributed by atoms with E-state index in [4.69, 9.17) is 14.0 Å². The number of fused-ring (bicyclic) bond motifs is 3. The van der Waals surface area contributed by atoms with Crippen molar-refractivity contribution in [3.8, 4) is 22.9 Å². The third-order valence-electron chi connectivity index (χ3n) is 4.70. The zero-order chi connectivity index (χ0) is 21.2. The molecule has 9 nitrogen and oxygen atoms in total. The summed E-state index contributed by atoms with van der Waals surface area (Å²) in [5, 5.41) is 6.66. The van der Waals surface area contributed by atoms with Crippen molar-refractivity contribution >= 4 is 5.91 Å². The van der Waals surface area contributed by atoms with E-state index in [-0.39, 0.29) is 18.1 Å². The van der Waals surface area contributed by atoms with E-state index >= 15 is 0 Å². The van der Waals surface area contributed by atoms with Crippen LogP contribution >= 0.6 is 0 Å². The maximum Gasteiger partial charge on any atom is 0.446 e. The summed E-state index contributed by atoms with van der Waals surface area (Å²) in [4.78, 5) is 29.2. The number of benzene rings is 2. The van der Waals surface area contributed by atoms with Crippen molar-refractivity contribution in [1.82, 2.24) is 20.0 Å². The van der Waals surface area contributed by atoms with E-state index in [0.29, 0.717) is 22.9 Å². The Bertz CT molecular complexity index is 1300. The second-order valence-electron chi connectivity index (χ2n) is 6.74. The quantitative estimate of drug-likeness (QED) is 0.545. The number of amides is 1. The van der Waals surface area contributed by atoms with E-state index in [1.165, 1.54) is 16.8 Å². The van der Waals surface area contributed by atoms with Crippen molar-refractivity contribution in [2.75, 3.05) is 6.61 Å². The van der Waals surface area contributed by atoms with Crippen LogP contribution < -0.4 is 20.5 Å². The highest BCUT2D eigenvalue weighted by atomic mass is 16.5. The molecule has 0 saturated carbocycles. The molecule has 0 saturated heterocycles. The summed E-state index contributed by atoms with van der Waals surface area (Å²) >= 11 is 0. The van der Waals surface area contributed by atoms with Crippen LogP contribution in [0, 0.1) is 0 Å². The molecule has 5 rings (SSSR count). The van der Waals surface area contributed by atoms with E-state index < -0.39 is 17.7 Å². The fourth-order valence-corrected chi connectivity index (χ4v) is 3.28. The molecule has 1 aliphatic rings. The van der Waals surface area contributed by atoms with Crippen LogP contribution in [0.5, 0.6) is 17.2 Å². The third-order valence-corrected chi connectivity index (χ3v) is 4.70. The van der Waals surface area contributed by atoms with Gasteiger partial charge in [0.05, 0.1) is 5.69 Å². The van der Waals surface area contributed by atoms with Gasteiger partial charge in [0.25, 0.3) is 5.91 Å². The molecule has 0 fully saturated rings. The summed E-state index contributed by atoms with van der Waals surface area (Å²) in [6.45, 7) is 0.0644. The topological polar surface area (TPSA) is 108 Å². The van der Waals surface area contributed by atoms with Gasteiger partial charge in [-0.25, -0.2) is 9.36 Å². The average molecular weight is 416 g/mol. The number of nitrogens with one attached hydrogen (secondary N) is 1. The minimum atomic E-state index is -0.730. The molecule has 1 atom stereocenters. The third kappa shape index (κ3) is 3.64. The molecule has 1 amide bonds. The molecule has 1 aliphatic heterocycles. The largest absolute Gasteiger partial charge is 0.489 e. The summed E-state index contributed by atoms with van der Waals surface area (Å²) < 4.78 is 17.7. The monoisotopic (exact) mass is 416 g/mol. The molecule has 2 aromatic heterocycles. The first-order valence-corrected chi connectivity index (χ1v) is 9.50. The zero-order valence-corrected chi connectivity index (χ0v) is 16.1. The van der Waals surface area contributed by atoms with Crippen LogP contribution in [0.2, 0.25) is 0 Å². The van der Waals surface area contributed by atoms with Gasteiger partial charge in [0, 0.05) is 12.3 Å². The SMILES string of the molecule is O=C(N[C@H]1COc2ccccc2-n2c1noc2=O)c1cc(Oc2ccccc2)ccn1. The van der Waals surface area contributed by atoms with Crippen LogP contribution in [0.4, 0.5) is 0 Å². The van der Waals surface area contributed by atoms with Crippen molar-refractivity contribution in [2.45, 2.75) is 6.04 Å². The fraction of sp³-hybridized carbons (Fsp3) is 0.0909. The summed E-state index contributed by atoms with van der Waals surface area (Å²) in [7, 11) is 0. The summed E-state index contributed by atoms with van der Waals surface area (Å²) in [5.74, 6) is 0.696. The summed E-state index contributed by atoms with van der Waals surface area (Å²) in [6, 6.07) is 18.7. The molecule has 31 heavy (non-hydrogen) atoms. The number of aromatic nitrogens is 3. The number of hydrogen-bond donors (Lipinski definition) is 1. The van der Waals surface area contributed by atoms with Gasteiger partial charge in [0.15, 0.2) is 5.82 Å². The highest BCUT2D eigenvalue weighted by Crippen LogP contribution is 2.29. The maximum absolute atomic E-state index is 12.9. The fourth-order valence-electron chi connectivity index (χ4n) is 3.28. The number of carbonyl (C=O) groups is 1. The molecule has 0 radical (unpaired) electrons. The predicted molar refractivity (Wildman–Crippen MR) is 109 cm³/mol. The Morgan fingerprint density at radius 1 is 1.06 bits per heavy atom. The Morgan fingerprint density at radius 3 is 2.74 bits per heavy atom. The maximum atomic E-state index is 12.9. The van der Waals surface area contributed by atoms with E-state index in [1.54, 1.807) is 30.3 Å². The molecule has 0 unspecified atom stereocenters. The van der Waals surface area contributed by atoms with E-state index in [2.05, 4.69) is 15.5 Å². The number of hydrogen-bond acceptors (Lipinski definition) is 7. The Kier molecular flexibility index (Phi) is 4.68. The first-order chi connectivity index (χ1) is 15.2. The average Bonchev–Trinajstić information content (AvgIpc) is 3.10. The molecule has 1 N–H and O–H groups in total. The first-order valence-electron chi connectivity index (χ1n) is 9.50. The highest BCUT2D eigenvalue weighted by molar-refractivity contribution is 5.92. The molecular weight excluding hydrogens is 400 g/mol. The Hall–Kier alpha value is -4.40. The van der Waals surface area contributed by atoms with Gasteiger partial charge in [0.1, 0.15) is 35.6 Å². The van der Waals surface area contributed by atoms with Crippen molar-refractivity contribution < 1.29 is 18.8 Å². The highest BCUT2D eigenvalue weighted by Gasteiger charge is 2.30. The first kappa shape index (κ1) is 18.6. The minimum Gasteiger partial charge on any atom is -0.489 e. The van der Waals surface area contributed by atoms with Gasteiger partial charge < -0.3 is 14.8 Å². The zero-order valence-electron chi connectivity index (χ0n) is 16.1. The molecule has 3 heterocycles. The van der Waals surface area contributed by atoms with Gasteiger partial charge in [-0.3, -0.25) is 14.3 Å². The van der Waals surface area contributed by atoms with Crippen LogP contribution in [-0.2, 0) is 0 Å². The number of para-hydroxylation sites is 3. The molecule has 154 valence electrons. The Labute approximate surface area is 175 Å².